The van der Waals surface area contributed by atoms with Crippen molar-refractivity contribution >= 4 is 22.6 Å². The van der Waals surface area contributed by atoms with Gasteiger partial charge in [-0.05, 0) is 41.3 Å². The topological polar surface area (TPSA) is 77.8 Å². The standard InChI is InChI=1S/C28H27NO5/c1-28(2,3)18-11-9-17(10-12-18)25-16-21(30)20-15-19(13-14-22(20)34-25)29-27(31)26-23(32-4)7-6-8-24(26)33-5/h6-16H,1-5H3,(H,29,31). The van der Waals surface area contributed by atoms with Gasteiger partial charge < -0.3 is 19.2 Å². The van der Waals surface area contributed by atoms with Gasteiger partial charge in [-0.15, -0.1) is 0 Å². The Morgan fingerprint density at radius 3 is 2.12 bits per heavy atom. The molecule has 34 heavy (non-hydrogen) atoms. The molecule has 1 N–H and O–H groups in total. The molecular weight excluding hydrogens is 430 g/mol. The summed E-state index contributed by atoms with van der Waals surface area (Å²) in [7, 11) is 2.97. The molecule has 0 atom stereocenters. The summed E-state index contributed by atoms with van der Waals surface area (Å²) in [6.45, 7) is 6.45. The van der Waals surface area contributed by atoms with Gasteiger partial charge in [0.1, 0.15) is 28.4 Å². The van der Waals surface area contributed by atoms with Crippen LogP contribution in [0.15, 0.2) is 75.9 Å². The van der Waals surface area contributed by atoms with Crippen LogP contribution in [0.4, 0.5) is 5.69 Å². The second-order valence-corrected chi connectivity index (χ2v) is 9.00. The van der Waals surface area contributed by atoms with Crippen LogP contribution in [-0.2, 0) is 5.41 Å². The van der Waals surface area contributed by atoms with Crippen LogP contribution in [0.2, 0.25) is 0 Å². The predicted molar refractivity (Wildman–Crippen MR) is 134 cm³/mol. The van der Waals surface area contributed by atoms with Gasteiger partial charge in [0.25, 0.3) is 5.91 Å². The van der Waals surface area contributed by atoms with Crippen molar-refractivity contribution in [2.45, 2.75) is 26.2 Å². The number of amides is 1. The first-order valence-corrected chi connectivity index (χ1v) is 10.9. The van der Waals surface area contributed by atoms with Crippen molar-refractivity contribution in [1.82, 2.24) is 0 Å². The van der Waals surface area contributed by atoms with Gasteiger partial charge in [-0.3, -0.25) is 9.59 Å². The lowest BCUT2D eigenvalue weighted by Crippen LogP contribution is -2.15. The lowest BCUT2D eigenvalue weighted by atomic mass is 9.86. The zero-order chi connectivity index (χ0) is 24.5. The molecule has 0 fully saturated rings. The molecule has 0 saturated carbocycles. The van der Waals surface area contributed by atoms with E-state index in [2.05, 4.69) is 26.1 Å². The fourth-order valence-corrected chi connectivity index (χ4v) is 3.78. The van der Waals surface area contributed by atoms with Crippen molar-refractivity contribution in [3.8, 4) is 22.8 Å². The second-order valence-electron chi connectivity index (χ2n) is 9.00. The van der Waals surface area contributed by atoms with E-state index in [1.807, 2.05) is 24.3 Å². The van der Waals surface area contributed by atoms with Crippen molar-refractivity contribution in [2.75, 3.05) is 19.5 Å². The maximum Gasteiger partial charge on any atom is 0.263 e. The van der Waals surface area contributed by atoms with E-state index >= 15 is 0 Å². The number of ether oxygens (including phenoxy) is 2. The highest BCUT2D eigenvalue weighted by atomic mass is 16.5. The fraction of sp³-hybridized carbons (Fsp3) is 0.214. The lowest BCUT2D eigenvalue weighted by molar-refractivity contribution is 0.102. The molecule has 0 radical (unpaired) electrons. The highest BCUT2D eigenvalue weighted by Crippen LogP contribution is 2.30. The molecule has 1 amide bonds. The van der Waals surface area contributed by atoms with Crippen molar-refractivity contribution in [1.29, 1.82) is 0 Å². The summed E-state index contributed by atoms with van der Waals surface area (Å²) in [6.07, 6.45) is 0. The molecule has 6 heteroatoms. The summed E-state index contributed by atoms with van der Waals surface area (Å²) < 4.78 is 16.6. The average Bonchev–Trinajstić information content (AvgIpc) is 2.83. The second kappa shape index (κ2) is 9.06. The third kappa shape index (κ3) is 4.53. The zero-order valence-corrected chi connectivity index (χ0v) is 19.9. The first-order valence-electron chi connectivity index (χ1n) is 10.9. The molecule has 0 unspecified atom stereocenters. The third-order valence-electron chi connectivity index (χ3n) is 5.68. The van der Waals surface area contributed by atoms with Gasteiger partial charge in [-0.1, -0.05) is 51.1 Å². The van der Waals surface area contributed by atoms with Gasteiger partial charge in [-0.2, -0.15) is 0 Å². The number of fused-ring (bicyclic) bond motifs is 1. The first kappa shape index (κ1) is 23.1. The summed E-state index contributed by atoms with van der Waals surface area (Å²) in [5.41, 5.74) is 3.04. The number of carbonyl (C=O) groups excluding carboxylic acids is 1. The van der Waals surface area contributed by atoms with Gasteiger partial charge in [0, 0.05) is 17.3 Å². The minimum Gasteiger partial charge on any atom is -0.496 e. The molecule has 0 aliphatic heterocycles. The number of carbonyl (C=O) groups is 1. The molecule has 0 aliphatic carbocycles. The summed E-state index contributed by atoms with van der Waals surface area (Å²) in [5, 5.41) is 3.19. The molecule has 0 bridgehead atoms. The van der Waals surface area contributed by atoms with Crippen molar-refractivity contribution in [3.63, 3.8) is 0 Å². The van der Waals surface area contributed by atoms with E-state index in [1.54, 1.807) is 36.4 Å². The minimum absolute atomic E-state index is 0.0391. The SMILES string of the molecule is COc1cccc(OC)c1C(=O)Nc1ccc2oc(-c3ccc(C(C)(C)C)cc3)cc(=O)c2c1. The highest BCUT2D eigenvalue weighted by Gasteiger charge is 2.19. The molecular formula is C28H27NO5. The third-order valence-corrected chi connectivity index (χ3v) is 5.68. The normalized spacial score (nSPS) is 11.3. The van der Waals surface area contributed by atoms with E-state index in [0.717, 1.165) is 5.56 Å². The van der Waals surface area contributed by atoms with Crippen LogP contribution in [0.3, 0.4) is 0 Å². The number of hydrogen-bond donors (Lipinski definition) is 1. The van der Waals surface area contributed by atoms with Crippen LogP contribution < -0.4 is 20.2 Å². The largest absolute Gasteiger partial charge is 0.496 e. The van der Waals surface area contributed by atoms with Crippen LogP contribution >= 0.6 is 0 Å². The molecule has 174 valence electrons. The van der Waals surface area contributed by atoms with Gasteiger partial charge in [0.05, 0.1) is 19.6 Å². The molecule has 6 nitrogen and oxygen atoms in total. The molecule has 3 aromatic carbocycles. The smallest absolute Gasteiger partial charge is 0.263 e. The average molecular weight is 458 g/mol. The number of hydrogen-bond acceptors (Lipinski definition) is 5. The van der Waals surface area contributed by atoms with E-state index < -0.39 is 5.91 Å². The highest BCUT2D eigenvalue weighted by molar-refractivity contribution is 6.08. The Hall–Kier alpha value is -4.06. The maximum absolute atomic E-state index is 13.0. The van der Waals surface area contributed by atoms with Crippen LogP contribution in [0.5, 0.6) is 11.5 Å². The van der Waals surface area contributed by atoms with E-state index in [0.29, 0.717) is 33.9 Å². The Morgan fingerprint density at radius 2 is 1.53 bits per heavy atom. The minimum atomic E-state index is -0.409. The monoisotopic (exact) mass is 457 g/mol. The van der Waals surface area contributed by atoms with Crippen LogP contribution in [0.1, 0.15) is 36.7 Å². The maximum atomic E-state index is 13.0. The van der Waals surface area contributed by atoms with Gasteiger partial charge in [0.2, 0.25) is 0 Å². The molecule has 0 saturated heterocycles. The van der Waals surface area contributed by atoms with Crippen molar-refractivity contribution in [2.24, 2.45) is 0 Å². The molecule has 0 aliphatic rings. The quantitative estimate of drug-likeness (QED) is 0.396. The number of anilines is 1. The molecule has 4 aromatic rings. The summed E-state index contributed by atoms with van der Waals surface area (Å²) in [4.78, 5) is 25.9. The van der Waals surface area contributed by atoms with Gasteiger partial charge in [0.15, 0.2) is 5.43 Å². The van der Waals surface area contributed by atoms with E-state index in [-0.39, 0.29) is 16.4 Å². The van der Waals surface area contributed by atoms with Crippen molar-refractivity contribution < 1.29 is 18.7 Å². The van der Waals surface area contributed by atoms with Crippen LogP contribution in [0, 0.1) is 0 Å². The zero-order valence-electron chi connectivity index (χ0n) is 19.9. The Morgan fingerprint density at radius 1 is 0.882 bits per heavy atom. The molecule has 1 aromatic heterocycles. The first-order chi connectivity index (χ1) is 16.2. The number of methoxy groups -OCH3 is 2. The van der Waals surface area contributed by atoms with Gasteiger partial charge >= 0.3 is 0 Å². The summed E-state index contributed by atoms with van der Waals surface area (Å²) >= 11 is 0. The van der Waals surface area contributed by atoms with E-state index in [9.17, 15) is 9.59 Å². The number of benzene rings is 3. The van der Waals surface area contributed by atoms with Gasteiger partial charge in [-0.25, -0.2) is 0 Å². The van der Waals surface area contributed by atoms with E-state index in [4.69, 9.17) is 13.9 Å². The number of nitrogens with one attached hydrogen (secondary N) is 1. The van der Waals surface area contributed by atoms with Crippen molar-refractivity contribution in [3.05, 3.63) is 88.1 Å². The Bertz CT molecular complexity index is 1390. The predicted octanol–water partition coefficient (Wildman–Crippen LogP) is 6.03. The summed E-state index contributed by atoms with van der Waals surface area (Å²) in [5.74, 6) is 0.862. The lowest BCUT2D eigenvalue weighted by Gasteiger charge is -2.19. The summed E-state index contributed by atoms with van der Waals surface area (Å²) in [6, 6.07) is 19.6. The van der Waals surface area contributed by atoms with Crippen LogP contribution in [-0.4, -0.2) is 20.1 Å². The molecule has 1 heterocycles. The molecule has 4 rings (SSSR count). The number of rotatable bonds is 5. The Balaban J connectivity index is 1.65. The Kier molecular flexibility index (Phi) is 6.16. The fourth-order valence-electron chi connectivity index (χ4n) is 3.78. The molecule has 0 spiro atoms. The Labute approximate surface area is 198 Å². The van der Waals surface area contributed by atoms with Crippen LogP contribution in [0.25, 0.3) is 22.3 Å². The van der Waals surface area contributed by atoms with E-state index in [1.165, 1.54) is 25.8 Å².